The number of benzene rings is 1. The van der Waals surface area contributed by atoms with Gasteiger partial charge in [-0.15, -0.1) is 0 Å². The van der Waals surface area contributed by atoms with E-state index < -0.39 is 0 Å². The van der Waals surface area contributed by atoms with Crippen LogP contribution in [-0.2, 0) is 4.74 Å². The van der Waals surface area contributed by atoms with Crippen molar-refractivity contribution >= 4 is 28.5 Å². The summed E-state index contributed by atoms with van der Waals surface area (Å²) in [6, 6.07) is 4.20. The zero-order valence-electron chi connectivity index (χ0n) is 12.3. The van der Waals surface area contributed by atoms with Gasteiger partial charge in [-0.1, -0.05) is 0 Å². The summed E-state index contributed by atoms with van der Waals surface area (Å²) in [6.45, 7) is 7.95. The number of morpholine rings is 1. The van der Waals surface area contributed by atoms with Crippen LogP contribution in [0, 0.1) is 9.39 Å². The first kappa shape index (κ1) is 16.6. The van der Waals surface area contributed by atoms with Crippen LogP contribution in [0.3, 0.4) is 0 Å². The van der Waals surface area contributed by atoms with Gasteiger partial charge in [-0.25, -0.2) is 4.39 Å². The Bertz CT molecular complexity index is 516. The zero-order valence-corrected chi connectivity index (χ0v) is 14.4. The van der Waals surface area contributed by atoms with Crippen LogP contribution in [0.2, 0.25) is 0 Å². The van der Waals surface area contributed by atoms with Crippen molar-refractivity contribution in [2.45, 2.75) is 19.4 Å². The number of carbonyl (C=O) groups excluding carboxylic acids is 1. The van der Waals surface area contributed by atoms with Gasteiger partial charge in [0.2, 0.25) is 0 Å². The molecule has 6 heteroatoms. The lowest BCUT2D eigenvalue weighted by atomic mass is 10.0. The van der Waals surface area contributed by atoms with E-state index >= 15 is 0 Å². The predicted molar refractivity (Wildman–Crippen MR) is 87.9 cm³/mol. The lowest BCUT2D eigenvalue weighted by Gasteiger charge is -2.40. The highest BCUT2D eigenvalue weighted by atomic mass is 127. The first-order chi connectivity index (χ1) is 9.90. The van der Waals surface area contributed by atoms with Gasteiger partial charge >= 0.3 is 0 Å². The van der Waals surface area contributed by atoms with E-state index in [-0.39, 0.29) is 17.3 Å². The van der Waals surface area contributed by atoms with Crippen molar-refractivity contribution in [3.63, 3.8) is 0 Å². The summed E-state index contributed by atoms with van der Waals surface area (Å²) >= 11 is 1.98. The molecule has 0 aromatic heterocycles. The van der Waals surface area contributed by atoms with E-state index in [9.17, 15) is 9.18 Å². The number of hydrogen-bond donors (Lipinski definition) is 1. The summed E-state index contributed by atoms with van der Waals surface area (Å²) in [5, 5.41) is 2.95. The van der Waals surface area contributed by atoms with E-state index in [0.717, 1.165) is 26.3 Å². The first-order valence-corrected chi connectivity index (χ1v) is 8.04. The molecule has 0 aliphatic carbocycles. The van der Waals surface area contributed by atoms with Crippen molar-refractivity contribution in [2.24, 2.45) is 0 Å². The summed E-state index contributed by atoms with van der Waals surface area (Å²) in [5.74, 6) is -0.495. The summed E-state index contributed by atoms with van der Waals surface area (Å²) in [6.07, 6.45) is 0. The number of halogens is 2. The maximum Gasteiger partial charge on any atom is 0.252 e. The second kappa shape index (κ2) is 7.02. The number of nitrogens with one attached hydrogen (secondary N) is 1. The minimum absolute atomic E-state index is 0.134. The maximum absolute atomic E-state index is 13.1. The molecule has 0 atom stereocenters. The van der Waals surface area contributed by atoms with Gasteiger partial charge in [0.25, 0.3) is 5.91 Å². The highest BCUT2D eigenvalue weighted by Gasteiger charge is 2.28. The lowest BCUT2D eigenvalue weighted by Crippen LogP contribution is -2.55. The first-order valence-electron chi connectivity index (χ1n) is 6.96. The van der Waals surface area contributed by atoms with E-state index in [2.05, 4.69) is 24.1 Å². The molecule has 21 heavy (non-hydrogen) atoms. The van der Waals surface area contributed by atoms with Crippen molar-refractivity contribution in [3.8, 4) is 0 Å². The van der Waals surface area contributed by atoms with Gasteiger partial charge in [-0.3, -0.25) is 9.69 Å². The molecule has 1 aliphatic heterocycles. The second-order valence-corrected chi connectivity index (χ2v) is 6.88. The molecule has 0 bridgehead atoms. The minimum Gasteiger partial charge on any atom is -0.379 e. The smallest absolute Gasteiger partial charge is 0.252 e. The fourth-order valence-electron chi connectivity index (χ4n) is 2.35. The van der Waals surface area contributed by atoms with E-state index in [1.54, 1.807) is 0 Å². The van der Waals surface area contributed by atoms with Crippen LogP contribution in [0.4, 0.5) is 4.39 Å². The predicted octanol–water partition coefficient (Wildman–Crippen LogP) is 2.27. The van der Waals surface area contributed by atoms with Crippen molar-refractivity contribution < 1.29 is 13.9 Å². The quantitative estimate of drug-likeness (QED) is 0.781. The molecule has 0 unspecified atom stereocenters. The standard InChI is InChI=1S/C15H20FIN2O2/c1-15(2,19-5-7-21-8-6-19)10-18-14(20)12-4-3-11(16)9-13(12)17/h3-4,9H,5-8,10H2,1-2H3,(H,18,20). The van der Waals surface area contributed by atoms with Gasteiger partial charge in [-0.05, 0) is 54.6 Å². The number of nitrogens with zero attached hydrogens (tertiary/aromatic N) is 1. The van der Waals surface area contributed by atoms with Crippen LogP contribution >= 0.6 is 22.6 Å². The summed E-state index contributed by atoms with van der Waals surface area (Å²) < 4.78 is 19.0. The van der Waals surface area contributed by atoms with Gasteiger partial charge in [0.1, 0.15) is 5.82 Å². The molecule has 2 rings (SSSR count). The van der Waals surface area contributed by atoms with Crippen molar-refractivity contribution in [1.82, 2.24) is 10.2 Å². The van der Waals surface area contributed by atoms with E-state index in [4.69, 9.17) is 4.74 Å². The monoisotopic (exact) mass is 406 g/mol. The van der Waals surface area contributed by atoms with Crippen LogP contribution in [0.5, 0.6) is 0 Å². The zero-order chi connectivity index (χ0) is 15.5. The van der Waals surface area contributed by atoms with Crippen LogP contribution < -0.4 is 5.32 Å². The van der Waals surface area contributed by atoms with Gasteiger partial charge in [0, 0.05) is 28.7 Å². The lowest BCUT2D eigenvalue weighted by molar-refractivity contribution is -0.00923. The molecule has 1 heterocycles. The Morgan fingerprint density at radius 2 is 2.10 bits per heavy atom. The van der Waals surface area contributed by atoms with Gasteiger partial charge in [-0.2, -0.15) is 0 Å². The molecule has 0 radical (unpaired) electrons. The van der Waals surface area contributed by atoms with Gasteiger partial charge < -0.3 is 10.1 Å². The van der Waals surface area contributed by atoms with E-state index in [1.165, 1.54) is 18.2 Å². The Morgan fingerprint density at radius 1 is 1.43 bits per heavy atom. The topological polar surface area (TPSA) is 41.6 Å². The fourth-order valence-corrected chi connectivity index (χ4v) is 3.07. The summed E-state index contributed by atoms with van der Waals surface area (Å²) in [7, 11) is 0. The molecule has 1 saturated heterocycles. The molecule has 0 saturated carbocycles. The van der Waals surface area contributed by atoms with Crippen molar-refractivity contribution in [3.05, 3.63) is 33.1 Å². The SMILES string of the molecule is CC(C)(CNC(=O)c1ccc(F)cc1I)N1CCOCC1. The number of carbonyl (C=O) groups is 1. The molecule has 116 valence electrons. The molecular formula is C15H20FIN2O2. The molecule has 1 aromatic carbocycles. The number of hydrogen-bond acceptors (Lipinski definition) is 3. The Kier molecular flexibility index (Phi) is 5.56. The molecule has 1 aliphatic rings. The second-order valence-electron chi connectivity index (χ2n) is 5.72. The van der Waals surface area contributed by atoms with Gasteiger partial charge in [0.15, 0.2) is 0 Å². The van der Waals surface area contributed by atoms with Gasteiger partial charge in [0.05, 0.1) is 18.8 Å². The Morgan fingerprint density at radius 3 is 2.71 bits per heavy atom. The maximum atomic E-state index is 13.1. The number of ether oxygens (including phenoxy) is 1. The van der Waals surface area contributed by atoms with E-state index in [1.807, 2.05) is 22.6 Å². The highest BCUT2D eigenvalue weighted by molar-refractivity contribution is 14.1. The van der Waals surface area contributed by atoms with E-state index in [0.29, 0.717) is 15.7 Å². The molecule has 4 nitrogen and oxygen atoms in total. The summed E-state index contributed by atoms with van der Waals surface area (Å²) in [5.41, 5.74) is 0.375. The fraction of sp³-hybridized carbons (Fsp3) is 0.533. The number of rotatable bonds is 4. The third-order valence-electron chi connectivity index (χ3n) is 3.72. The van der Waals surface area contributed by atoms with Crippen molar-refractivity contribution in [1.29, 1.82) is 0 Å². The Hall–Kier alpha value is -0.730. The minimum atomic E-state index is -0.329. The van der Waals surface area contributed by atoms with Crippen molar-refractivity contribution in [2.75, 3.05) is 32.8 Å². The average molecular weight is 406 g/mol. The molecular weight excluding hydrogens is 386 g/mol. The van der Waals surface area contributed by atoms with Crippen LogP contribution in [0.15, 0.2) is 18.2 Å². The molecule has 0 spiro atoms. The average Bonchev–Trinajstić information content (AvgIpc) is 2.46. The molecule has 1 fully saturated rings. The van der Waals surface area contributed by atoms with Crippen LogP contribution in [0.25, 0.3) is 0 Å². The third-order valence-corrected chi connectivity index (χ3v) is 4.62. The van der Waals surface area contributed by atoms with Crippen LogP contribution in [0.1, 0.15) is 24.2 Å². The molecule has 1 N–H and O–H groups in total. The normalized spacial score (nSPS) is 16.8. The van der Waals surface area contributed by atoms with Crippen LogP contribution in [-0.4, -0.2) is 49.2 Å². The molecule has 1 amide bonds. The molecule has 1 aromatic rings. The summed E-state index contributed by atoms with van der Waals surface area (Å²) in [4.78, 5) is 14.5. The third kappa shape index (κ3) is 4.37. The largest absolute Gasteiger partial charge is 0.379 e. The number of amides is 1. The highest BCUT2D eigenvalue weighted by Crippen LogP contribution is 2.17. The Balaban J connectivity index is 1.96. The Labute approximate surface area is 138 Å².